The molecule has 0 aliphatic carbocycles. The van der Waals surface area contributed by atoms with Crippen molar-refractivity contribution < 1.29 is 4.79 Å². The summed E-state index contributed by atoms with van der Waals surface area (Å²) in [5.41, 5.74) is 7.28. The minimum atomic E-state index is -0.247. The number of hydrogen-bond acceptors (Lipinski definition) is 2. The molecule has 0 bridgehead atoms. The molecule has 2 aromatic carbocycles. The molecule has 2 rings (SSSR count). The van der Waals surface area contributed by atoms with Gasteiger partial charge in [0.2, 0.25) is 0 Å². The van der Waals surface area contributed by atoms with E-state index in [0.717, 1.165) is 10.0 Å². The average Bonchev–Trinajstić information content (AvgIpc) is 2.42. The molecule has 0 radical (unpaired) electrons. The van der Waals surface area contributed by atoms with Crippen LogP contribution < -0.4 is 11.1 Å². The Morgan fingerprint density at radius 3 is 2.30 bits per heavy atom. The molecule has 20 heavy (non-hydrogen) atoms. The lowest BCUT2D eigenvalue weighted by Gasteiger charge is -2.08. The fraction of sp³-hybridized carbons (Fsp3) is 0. The molecule has 2 aromatic rings. The maximum atomic E-state index is 12.1. The van der Waals surface area contributed by atoms with Crippen molar-refractivity contribution in [3.05, 3.63) is 63.1 Å². The Kier molecular flexibility index (Phi) is 4.75. The summed E-state index contributed by atoms with van der Waals surface area (Å²) in [7, 11) is 0. The van der Waals surface area contributed by atoms with Crippen LogP contribution >= 0.6 is 39.7 Å². The molecule has 102 valence electrons. The lowest BCUT2D eigenvalue weighted by molar-refractivity contribution is 0.102. The van der Waals surface area contributed by atoms with Gasteiger partial charge in [-0.3, -0.25) is 4.79 Å². The lowest BCUT2D eigenvalue weighted by Crippen LogP contribution is -2.13. The number of carbonyl (C=O) groups excluding carboxylic acids is 1. The van der Waals surface area contributed by atoms with E-state index in [1.807, 2.05) is 0 Å². The highest BCUT2D eigenvalue weighted by atomic mass is 79.9. The second-order valence-corrected chi connectivity index (χ2v) is 5.78. The molecule has 0 heterocycles. The van der Waals surface area contributed by atoms with Crippen LogP contribution in [0.3, 0.4) is 0 Å². The first-order valence-electron chi connectivity index (χ1n) is 5.63. The van der Waals surface area contributed by atoms with Gasteiger partial charge in [0.25, 0.3) is 5.91 Å². The Labute approximate surface area is 135 Å². The van der Waals surface area contributed by atoms with Crippen LogP contribution in [0.1, 0.15) is 15.9 Å². The first-order valence-corrected chi connectivity index (χ1v) is 7.21. The fourth-order valence-electron chi connectivity index (χ4n) is 1.57. The first-order chi connectivity index (χ1) is 9.47. The van der Waals surface area contributed by atoms with Crippen molar-refractivity contribution in [1.82, 2.24) is 0 Å². The van der Waals surface area contributed by atoms with Gasteiger partial charge in [-0.15, -0.1) is 0 Å². The Bertz CT molecular complexity index is 673. The molecule has 6 heteroatoms. The summed E-state index contributed by atoms with van der Waals surface area (Å²) in [6, 6.07) is 12.0. The topological polar surface area (TPSA) is 55.1 Å². The fourth-order valence-corrected chi connectivity index (χ4v) is 2.43. The third-order valence-corrected chi connectivity index (χ3v) is 3.65. The van der Waals surface area contributed by atoms with Crippen molar-refractivity contribution in [3.63, 3.8) is 0 Å². The van der Waals surface area contributed by atoms with Crippen LogP contribution in [0.2, 0.25) is 5.02 Å². The number of amides is 1. The average molecular weight is 370 g/mol. The predicted molar refractivity (Wildman–Crippen MR) is 89.4 cm³/mol. The number of nitrogens with one attached hydrogen (secondary N) is 1. The van der Waals surface area contributed by atoms with Gasteiger partial charge in [-0.2, -0.15) is 0 Å². The summed E-state index contributed by atoms with van der Waals surface area (Å²) in [4.78, 5) is 12.4. The van der Waals surface area contributed by atoms with Crippen LogP contribution in [0.25, 0.3) is 0 Å². The Morgan fingerprint density at radius 1 is 1.15 bits per heavy atom. The zero-order chi connectivity index (χ0) is 14.7. The van der Waals surface area contributed by atoms with Crippen molar-refractivity contribution >= 4 is 56.3 Å². The molecule has 0 spiro atoms. The van der Waals surface area contributed by atoms with Gasteiger partial charge in [0.1, 0.15) is 4.99 Å². The SMILES string of the molecule is NC(=S)c1ccc(C(=O)Nc2ccc(Br)cc2Cl)cc1. The highest BCUT2D eigenvalue weighted by Gasteiger charge is 2.09. The molecule has 0 aliphatic heterocycles. The van der Waals surface area contributed by atoms with Crippen LogP contribution in [0.5, 0.6) is 0 Å². The number of benzene rings is 2. The predicted octanol–water partition coefficient (Wildman–Crippen LogP) is 3.99. The summed E-state index contributed by atoms with van der Waals surface area (Å²) < 4.78 is 0.848. The number of carbonyl (C=O) groups is 1. The maximum absolute atomic E-state index is 12.1. The van der Waals surface area contributed by atoms with Gasteiger partial charge in [-0.05, 0) is 30.3 Å². The van der Waals surface area contributed by atoms with Crippen molar-refractivity contribution in [2.45, 2.75) is 0 Å². The maximum Gasteiger partial charge on any atom is 0.255 e. The molecule has 3 N–H and O–H groups in total. The molecule has 0 aromatic heterocycles. The van der Waals surface area contributed by atoms with Crippen molar-refractivity contribution in [1.29, 1.82) is 0 Å². The molecule has 0 fully saturated rings. The molecule has 0 saturated heterocycles. The summed E-state index contributed by atoms with van der Waals surface area (Å²) in [6.07, 6.45) is 0. The molecule has 0 saturated carbocycles. The quantitative estimate of drug-likeness (QED) is 0.804. The van der Waals surface area contributed by atoms with Crippen LogP contribution in [-0.2, 0) is 0 Å². The molecule has 1 amide bonds. The number of anilines is 1. The number of rotatable bonds is 3. The van der Waals surface area contributed by atoms with Crippen LogP contribution in [-0.4, -0.2) is 10.9 Å². The number of halogens is 2. The van der Waals surface area contributed by atoms with Gasteiger partial charge in [0, 0.05) is 15.6 Å². The molecular weight excluding hydrogens is 360 g/mol. The van der Waals surface area contributed by atoms with Crippen molar-refractivity contribution in [2.75, 3.05) is 5.32 Å². The minimum absolute atomic E-state index is 0.247. The van der Waals surface area contributed by atoms with Gasteiger partial charge in [-0.1, -0.05) is 51.9 Å². The number of nitrogens with two attached hydrogens (primary N) is 1. The summed E-state index contributed by atoms with van der Waals surface area (Å²) >= 11 is 14.2. The van der Waals surface area contributed by atoms with E-state index in [-0.39, 0.29) is 5.91 Å². The number of hydrogen-bond donors (Lipinski definition) is 2. The summed E-state index contributed by atoms with van der Waals surface area (Å²) in [6.45, 7) is 0. The van der Waals surface area contributed by atoms with E-state index >= 15 is 0 Å². The van der Waals surface area contributed by atoms with Gasteiger partial charge < -0.3 is 11.1 Å². The highest BCUT2D eigenvalue weighted by molar-refractivity contribution is 9.10. The molecule has 0 aliphatic rings. The van der Waals surface area contributed by atoms with Gasteiger partial charge >= 0.3 is 0 Å². The second-order valence-electron chi connectivity index (χ2n) is 4.02. The number of thiocarbonyl (C=S) groups is 1. The Morgan fingerprint density at radius 2 is 1.75 bits per heavy atom. The monoisotopic (exact) mass is 368 g/mol. The summed E-state index contributed by atoms with van der Waals surface area (Å²) in [5, 5.41) is 3.21. The van der Waals surface area contributed by atoms with Crippen LogP contribution in [0.15, 0.2) is 46.9 Å². The highest BCUT2D eigenvalue weighted by Crippen LogP contribution is 2.26. The van der Waals surface area contributed by atoms with E-state index in [9.17, 15) is 4.79 Å². The van der Waals surface area contributed by atoms with Gasteiger partial charge in [0.05, 0.1) is 10.7 Å². The third-order valence-electron chi connectivity index (χ3n) is 2.61. The van der Waals surface area contributed by atoms with E-state index < -0.39 is 0 Å². The van der Waals surface area contributed by atoms with Crippen molar-refractivity contribution in [2.24, 2.45) is 5.73 Å². The normalized spacial score (nSPS) is 10.1. The molecule has 0 atom stereocenters. The first kappa shape index (κ1) is 15.0. The van der Waals surface area contributed by atoms with Crippen molar-refractivity contribution in [3.8, 4) is 0 Å². The molecule has 3 nitrogen and oxygen atoms in total. The zero-order valence-electron chi connectivity index (χ0n) is 10.2. The Balaban J connectivity index is 2.17. The van der Waals surface area contributed by atoms with Gasteiger partial charge in [0.15, 0.2) is 0 Å². The van der Waals surface area contributed by atoms with Gasteiger partial charge in [-0.25, -0.2) is 0 Å². The Hall–Kier alpha value is -1.43. The van der Waals surface area contributed by atoms with Crippen LogP contribution in [0.4, 0.5) is 5.69 Å². The van der Waals surface area contributed by atoms with E-state index in [1.54, 1.807) is 42.5 Å². The molecule has 0 unspecified atom stereocenters. The van der Waals surface area contributed by atoms with E-state index in [4.69, 9.17) is 29.6 Å². The lowest BCUT2D eigenvalue weighted by atomic mass is 10.1. The zero-order valence-corrected chi connectivity index (χ0v) is 13.3. The third kappa shape index (κ3) is 3.56. The van der Waals surface area contributed by atoms with E-state index in [2.05, 4.69) is 21.2 Å². The van der Waals surface area contributed by atoms with E-state index in [1.165, 1.54) is 0 Å². The largest absolute Gasteiger partial charge is 0.389 e. The van der Waals surface area contributed by atoms with E-state index in [0.29, 0.717) is 21.3 Å². The standard InChI is InChI=1S/C14H10BrClN2OS/c15-10-5-6-12(11(16)7-10)18-14(19)9-3-1-8(2-4-9)13(17)20/h1-7H,(H2,17,20)(H,18,19). The summed E-state index contributed by atoms with van der Waals surface area (Å²) in [5.74, 6) is -0.247. The van der Waals surface area contributed by atoms with Crippen LogP contribution in [0, 0.1) is 0 Å². The second kappa shape index (κ2) is 6.35. The molecular formula is C14H10BrClN2OS. The smallest absolute Gasteiger partial charge is 0.255 e. The minimum Gasteiger partial charge on any atom is -0.389 e.